The molecule has 0 unspecified atom stereocenters. The fourth-order valence-corrected chi connectivity index (χ4v) is 5.11. The van der Waals surface area contributed by atoms with Crippen LogP contribution in [0.5, 0.6) is 0 Å². The van der Waals surface area contributed by atoms with Crippen LogP contribution in [-0.2, 0) is 11.3 Å². The Bertz CT molecular complexity index is 1340. The minimum absolute atomic E-state index is 0.0716. The molecule has 0 aliphatic rings. The van der Waals surface area contributed by atoms with Gasteiger partial charge in [0.2, 0.25) is 0 Å². The molecule has 2 nitrogen and oxygen atoms in total. The summed E-state index contributed by atoms with van der Waals surface area (Å²) in [6.07, 6.45) is 8.35. The number of hydrogen-bond acceptors (Lipinski definition) is 1. The Balaban J connectivity index is 0.000000244. The van der Waals surface area contributed by atoms with Crippen molar-refractivity contribution >= 4 is 16.5 Å². The van der Waals surface area contributed by atoms with E-state index in [2.05, 4.69) is 67.2 Å². The number of aromatic nitrogens is 2. The van der Waals surface area contributed by atoms with Crippen molar-refractivity contribution in [2.45, 2.75) is 78.6 Å². The summed E-state index contributed by atoms with van der Waals surface area (Å²) in [6.45, 7) is 15.5. The molecule has 4 aromatic rings. The summed E-state index contributed by atoms with van der Waals surface area (Å²) >= 11 is 0. The van der Waals surface area contributed by atoms with Gasteiger partial charge in [0.25, 0.3) is 5.92 Å². The van der Waals surface area contributed by atoms with Gasteiger partial charge >= 0.3 is 0 Å². The predicted molar refractivity (Wildman–Crippen MR) is 154 cm³/mol. The summed E-state index contributed by atoms with van der Waals surface area (Å²) < 4.78 is 29.3. The average molecular weight is 503 g/mol. The standard InChI is InChI=1S/C21H29F2N.C12H11N/c1-6-12-20(4,13-7-2)19-9-8-14-24(19)18-11-10-17(15-16(18)3)21(5,22)23;1-9(2)10-5-6-12-11(8-10)4-3-7-13-12/h8-11,14-15H,6-7,12-13H2,1-5H3;3-8H,1H2,2H3. The summed E-state index contributed by atoms with van der Waals surface area (Å²) in [4.78, 5) is 4.25. The number of aryl methyl sites for hydroxylation is 1. The third-order valence-corrected chi connectivity index (χ3v) is 7.03. The van der Waals surface area contributed by atoms with Crippen molar-refractivity contribution in [1.82, 2.24) is 9.55 Å². The van der Waals surface area contributed by atoms with Crippen LogP contribution in [0, 0.1) is 6.92 Å². The first-order valence-electron chi connectivity index (χ1n) is 13.2. The third-order valence-electron chi connectivity index (χ3n) is 7.03. The maximum absolute atomic E-state index is 13.6. The van der Waals surface area contributed by atoms with Crippen molar-refractivity contribution in [1.29, 1.82) is 0 Å². The molecule has 0 fully saturated rings. The quantitative estimate of drug-likeness (QED) is 0.234. The minimum atomic E-state index is -2.80. The lowest BCUT2D eigenvalue weighted by atomic mass is 9.78. The maximum atomic E-state index is 13.6. The first-order valence-corrected chi connectivity index (χ1v) is 13.2. The van der Waals surface area contributed by atoms with E-state index in [4.69, 9.17) is 0 Å². The van der Waals surface area contributed by atoms with Crippen molar-refractivity contribution in [3.8, 4) is 5.69 Å². The number of hydrogen-bond donors (Lipinski definition) is 0. The van der Waals surface area contributed by atoms with Crippen LogP contribution in [0.15, 0.2) is 79.6 Å². The zero-order chi connectivity index (χ0) is 27.2. The average Bonchev–Trinajstić information content (AvgIpc) is 3.34. The molecule has 0 spiro atoms. The van der Waals surface area contributed by atoms with Crippen LogP contribution < -0.4 is 0 Å². The van der Waals surface area contributed by atoms with E-state index < -0.39 is 5.92 Å². The highest BCUT2D eigenvalue weighted by molar-refractivity contribution is 5.82. The van der Waals surface area contributed by atoms with Crippen molar-refractivity contribution in [3.05, 3.63) is 102 Å². The van der Waals surface area contributed by atoms with Gasteiger partial charge in [0.1, 0.15) is 0 Å². The second kappa shape index (κ2) is 11.9. The second-order valence-corrected chi connectivity index (χ2v) is 10.4. The van der Waals surface area contributed by atoms with Crippen LogP contribution in [0.1, 0.15) is 82.7 Å². The van der Waals surface area contributed by atoms with Gasteiger partial charge in [-0.15, -0.1) is 0 Å². The topological polar surface area (TPSA) is 17.8 Å². The van der Waals surface area contributed by atoms with E-state index in [-0.39, 0.29) is 11.0 Å². The molecule has 37 heavy (non-hydrogen) atoms. The van der Waals surface area contributed by atoms with Gasteiger partial charge in [0.15, 0.2) is 0 Å². The summed E-state index contributed by atoms with van der Waals surface area (Å²) in [5.41, 5.74) is 6.61. The fraction of sp³-hybridized carbons (Fsp3) is 0.364. The highest BCUT2D eigenvalue weighted by Gasteiger charge is 2.29. The Morgan fingerprint density at radius 3 is 2.24 bits per heavy atom. The van der Waals surface area contributed by atoms with E-state index in [1.165, 1.54) is 16.6 Å². The lowest BCUT2D eigenvalue weighted by molar-refractivity contribution is 0.0174. The largest absolute Gasteiger partial charge is 0.320 e. The van der Waals surface area contributed by atoms with E-state index in [9.17, 15) is 8.78 Å². The van der Waals surface area contributed by atoms with E-state index >= 15 is 0 Å². The number of rotatable bonds is 8. The van der Waals surface area contributed by atoms with Crippen molar-refractivity contribution in [3.63, 3.8) is 0 Å². The number of alkyl halides is 2. The molecular weight excluding hydrogens is 462 g/mol. The molecule has 0 aliphatic heterocycles. The molecule has 2 heterocycles. The molecule has 0 amide bonds. The van der Waals surface area contributed by atoms with E-state index in [0.29, 0.717) is 0 Å². The molecule has 2 aromatic carbocycles. The Labute approximate surface area is 221 Å². The number of halogens is 2. The molecule has 4 heteroatoms. The van der Waals surface area contributed by atoms with Gasteiger partial charge in [-0.25, -0.2) is 8.78 Å². The monoisotopic (exact) mass is 502 g/mol. The van der Waals surface area contributed by atoms with Crippen LogP contribution in [0.3, 0.4) is 0 Å². The normalized spacial score (nSPS) is 11.8. The molecular formula is C33H40F2N2. The predicted octanol–water partition coefficient (Wildman–Crippen LogP) is 10.0. The first kappa shape index (κ1) is 28.3. The van der Waals surface area contributed by atoms with Gasteiger partial charge in [-0.05, 0) is 80.3 Å². The van der Waals surface area contributed by atoms with E-state index in [1.807, 2.05) is 44.4 Å². The molecule has 0 saturated carbocycles. The number of benzene rings is 2. The van der Waals surface area contributed by atoms with Crippen molar-refractivity contribution < 1.29 is 8.78 Å². The van der Waals surface area contributed by atoms with Crippen LogP contribution in [0.25, 0.3) is 22.2 Å². The van der Waals surface area contributed by atoms with Crippen LogP contribution >= 0.6 is 0 Å². The second-order valence-electron chi connectivity index (χ2n) is 10.4. The Morgan fingerprint density at radius 1 is 0.946 bits per heavy atom. The van der Waals surface area contributed by atoms with Gasteiger partial charge in [0.05, 0.1) is 5.52 Å². The Hall–Kier alpha value is -3.27. The summed E-state index contributed by atoms with van der Waals surface area (Å²) in [5.74, 6) is -2.80. The number of allylic oxidation sites excluding steroid dienone is 1. The zero-order valence-electron chi connectivity index (χ0n) is 23.1. The molecule has 0 bridgehead atoms. The number of fused-ring (bicyclic) bond motifs is 1. The van der Waals surface area contributed by atoms with E-state index in [0.717, 1.165) is 54.9 Å². The molecule has 2 aromatic heterocycles. The summed E-state index contributed by atoms with van der Waals surface area (Å²) in [6, 6.07) is 19.4. The van der Waals surface area contributed by atoms with Crippen LogP contribution in [0.2, 0.25) is 0 Å². The summed E-state index contributed by atoms with van der Waals surface area (Å²) in [5, 5.41) is 1.17. The molecule has 0 radical (unpaired) electrons. The van der Waals surface area contributed by atoms with Gasteiger partial charge in [-0.2, -0.15) is 0 Å². The van der Waals surface area contributed by atoms with Crippen molar-refractivity contribution in [2.75, 3.05) is 0 Å². The van der Waals surface area contributed by atoms with Crippen molar-refractivity contribution in [2.24, 2.45) is 0 Å². The smallest absolute Gasteiger partial charge is 0.270 e. The number of nitrogens with zero attached hydrogens (tertiary/aromatic N) is 2. The fourth-order valence-electron chi connectivity index (χ4n) is 5.11. The van der Waals surface area contributed by atoms with Crippen LogP contribution in [0.4, 0.5) is 8.78 Å². The molecule has 196 valence electrons. The van der Waals surface area contributed by atoms with Gasteiger partial charge in [-0.1, -0.05) is 64.0 Å². The van der Waals surface area contributed by atoms with Gasteiger partial charge < -0.3 is 4.57 Å². The molecule has 0 aliphatic carbocycles. The Morgan fingerprint density at radius 2 is 1.65 bits per heavy atom. The third kappa shape index (κ3) is 6.74. The maximum Gasteiger partial charge on any atom is 0.270 e. The Kier molecular flexibility index (Phi) is 9.07. The molecule has 0 N–H and O–H groups in total. The highest BCUT2D eigenvalue weighted by Crippen LogP contribution is 2.37. The van der Waals surface area contributed by atoms with Gasteiger partial charge in [0, 0.05) is 47.1 Å². The first-order chi connectivity index (χ1) is 17.5. The minimum Gasteiger partial charge on any atom is -0.320 e. The SMILES string of the molecule is C=C(C)c1ccc2ncccc2c1.CCCC(C)(CCC)c1cccn1-c1ccc(C(C)(F)F)cc1C. The lowest BCUT2D eigenvalue weighted by Gasteiger charge is -2.31. The lowest BCUT2D eigenvalue weighted by Crippen LogP contribution is -2.25. The van der Waals surface area contributed by atoms with E-state index in [1.54, 1.807) is 12.1 Å². The van der Waals surface area contributed by atoms with Gasteiger partial charge in [-0.3, -0.25) is 4.98 Å². The molecule has 0 saturated heterocycles. The summed E-state index contributed by atoms with van der Waals surface area (Å²) in [7, 11) is 0. The molecule has 0 atom stereocenters. The van der Waals surface area contributed by atoms with Crippen LogP contribution in [-0.4, -0.2) is 9.55 Å². The number of pyridine rings is 1. The zero-order valence-corrected chi connectivity index (χ0v) is 23.1. The highest BCUT2D eigenvalue weighted by atomic mass is 19.3. The molecule has 4 rings (SSSR count).